The van der Waals surface area contributed by atoms with Crippen molar-refractivity contribution in [2.24, 2.45) is 0 Å². The molecular formula is C15H14Br3N3O. The Kier molecular flexibility index (Phi) is 6.98. The first-order valence-corrected chi connectivity index (χ1v) is 9.11. The third kappa shape index (κ3) is 5.44. The highest BCUT2D eigenvalue weighted by Crippen LogP contribution is 2.22. The predicted octanol–water partition coefficient (Wildman–Crippen LogP) is 4.97. The van der Waals surface area contributed by atoms with Crippen molar-refractivity contribution < 1.29 is 4.79 Å². The fourth-order valence-corrected chi connectivity index (χ4v) is 3.40. The van der Waals surface area contributed by atoms with E-state index in [0.717, 1.165) is 38.5 Å². The standard InChI is InChI=1S/C10H11BrN2O.C5H3Br2N/c11-8-5-9(7-12-6-8)13-4-2-1-3-10(13)14;6-4-1-5(7)3-8-2-4/h5-7H,1-4H2;1-3H. The first kappa shape index (κ1) is 17.6. The molecule has 3 heterocycles. The van der Waals surface area contributed by atoms with E-state index in [-0.39, 0.29) is 5.91 Å². The van der Waals surface area contributed by atoms with Gasteiger partial charge in [0, 0.05) is 45.0 Å². The third-order valence-electron chi connectivity index (χ3n) is 3.00. The van der Waals surface area contributed by atoms with Crippen molar-refractivity contribution in [3.63, 3.8) is 0 Å². The smallest absolute Gasteiger partial charge is 0.227 e. The van der Waals surface area contributed by atoms with Crippen LogP contribution in [-0.2, 0) is 4.79 Å². The second-order valence-electron chi connectivity index (χ2n) is 4.69. The number of rotatable bonds is 1. The minimum absolute atomic E-state index is 0.205. The summed E-state index contributed by atoms with van der Waals surface area (Å²) in [6, 6.07) is 3.86. The maximum Gasteiger partial charge on any atom is 0.227 e. The van der Waals surface area contributed by atoms with Gasteiger partial charge in [0.1, 0.15) is 0 Å². The number of pyridine rings is 2. The summed E-state index contributed by atoms with van der Waals surface area (Å²) in [5.74, 6) is 0.205. The molecule has 0 radical (unpaired) electrons. The molecule has 3 rings (SSSR count). The lowest BCUT2D eigenvalue weighted by Crippen LogP contribution is -2.35. The number of hydrogen-bond acceptors (Lipinski definition) is 3. The maximum atomic E-state index is 11.6. The second kappa shape index (κ2) is 8.74. The molecule has 0 N–H and O–H groups in total. The number of hydrogen-bond donors (Lipinski definition) is 0. The molecule has 1 amide bonds. The van der Waals surface area contributed by atoms with Gasteiger partial charge in [-0.25, -0.2) is 0 Å². The zero-order valence-corrected chi connectivity index (χ0v) is 16.4. The zero-order valence-electron chi connectivity index (χ0n) is 11.7. The summed E-state index contributed by atoms with van der Waals surface area (Å²) in [6.45, 7) is 0.816. The molecular weight excluding hydrogens is 478 g/mol. The van der Waals surface area contributed by atoms with Gasteiger partial charge in [-0.05, 0) is 72.8 Å². The van der Waals surface area contributed by atoms with Crippen LogP contribution in [0, 0.1) is 0 Å². The Labute approximate surface area is 154 Å². The summed E-state index contributed by atoms with van der Waals surface area (Å²) >= 11 is 9.89. The van der Waals surface area contributed by atoms with Gasteiger partial charge < -0.3 is 4.90 Å². The van der Waals surface area contributed by atoms with E-state index < -0.39 is 0 Å². The molecule has 4 nitrogen and oxygen atoms in total. The lowest BCUT2D eigenvalue weighted by Gasteiger charge is -2.26. The summed E-state index contributed by atoms with van der Waals surface area (Å²) in [5.41, 5.74) is 0.893. The minimum atomic E-state index is 0.205. The fraction of sp³-hybridized carbons (Fsp3) is 0.267. The SMILES string of the molecule is Brc1cncc(Br)c1.O=C1CCCCN1c1cncc(Br)c1. The third-order valence-corrected chi connectivity index (χ3v) is 4.30. The molecule has 2 aromatic rings. The Bertz CT molecular complexity index is 634. The zero-order chi connectivity index (χ0) is 15.9. The molecule has 22 heavy (non-hydrogen) atoms. The van der Waals surface area contributed by atoms with Gasteiger partial charge in [-0.15, -0.1) is 0 Å². The first-order chi connectivity index (χ1) is 10.6. The number of amides is 1. The number of nitrogens with zero attached hydrogens (tertiary/aromatic N) is 3. The molecule has 1 aliphatic heterocycles. The first-order valence-electron chi connectivity index (χ1n) is 6.73. The average molecular weight is 492 g/mol. The van der Waals surface area contributed by atoms with Crippen molar-refractivity contribution in [1.82, 2.24) is 9.97 Å². The molecule has 0 aromatic carbocycles. The van der Waals surface area contributed by atoms with Gasteiger partial charge in [-0.3, -0.25) is 14.8 Å². The topological polar surface area (TPSA) is 46.1 Å². The molecule has 116 valence electrons. The number of anilines is 1. The monoisotopic (exact) mass is 489 g/mol. The number of halogens is 3. The molecule has 0 unspecified atom stereocenters. The van der Waals surface area contributed by atoms with E-state index in [1.165, 1.54) is 0 Å². The predicted molar refractivity (Wildman–Crippen MR) is 97.8 cm³/mol. The van der Waals surface area contributed by atoms with Gasteiger partial charge in [0.25, 0.3) is 0 Å². The highest BCUT2D eigenvalue weighted by atomic mass is 79.9. The summed E-state index contributed by atoms with van der Waals surface area (Å²) < 4.78 is 2.90. The quantitative estimate of drug-likeness (QED) is 0.566. The van der Waals surface area contributed by atoms with Crippen molar-refractivity contribution >= 4 is 59.4 Å². The molecule has 7 heteroatoms. The van der Waals surface area contributed by atoms with Crippen molar-refractivity contribution in [2.75, 3.05) is 11.4 Å². The van der Waals surface area contributed by atoms with Gasteiger partial charge in [-0.2, -0.15) is 0 Å². The Hall–Kier alpha value is -0.790. The summed E-state index contributed by atoms with van der Waals surface area (Å²) in [6.07, 6.45) is 9.68. The maximum absolute atomic E-state index is 11.6. The van der Waals surface area contributed by atoms with E-state index >= 15 is 0 Å². The van der Waals surface area contributed by atoms with E-state index in [0.29, 0.717) is 6.42 Å². The van der Waals surface area contributed by atoms with Crippen LogP contribution in [0.1, 0.15) is 19.3 Å². The van der Waals surface area contributed by atoms with E-state index in [2.05, 4.69) is 57.8 Å². The lowest BCUT2D eigenvalue weighted by molar-refractivity contribution is -0.119. The minimum Gasteiger partial charge on any atom is -0.311 e. The van der Waals surface area contributed by atoms with Crippen molar-refractivity contribution in [3.8, 4) is 0 Å². The van der Waals surface area contributed by atoms with Gasteiger partial charge in [-0.1, -0.05) is 0 Å². The summed E-state index contributed by atoms with van der Waals surface area (Å²) in [7, 11) is 0. The molecule has 2 aromatic heterocycles. The Morgan fingerprint density at radius 3 is 1.95 bits per heavy atom. The number of aromatic nitrogens is 2. The molecule has 0 aliphatic carbocycles. The van der Waals surface area contributed by atoms with E-state index in [4.69, 9.17) is 0 Å². The van der Waals surface area contributed by atoms with Crippen LogP contribution >= 0.6 is 47.8 Å². The molecule has 1 saturated heterocycles. The van der Waals surface area contributed by atoms with Crippen LogP contribution in [0.15, 0.2) is 50.3 Å². The lowest BCUT2D eigenvalue weighted by atomic mass is 10.1. The van der Waals surface area contributed by atoms with Crippen LogP contribution in [0.2, 0.25) is 0 Å². The summed E-state index contributed by atoms with van der Waals surface area (Å²) in [5, 5.41) is 0. The van der Waals surface area contributed by atoms with Crippen LogP contribution in [0.3, 0.4) is 0 Å². The fourth-order valence-electron chi connectivity index (χ4n) is 2.01. The summed E-state index contributed by atoms with van der Waals surface area (Å²) in [4.78, 5) is 21.3. The van der Waals surface area contributed by atoms with Crippen LogP contribution in [-0.4, -0.2) is 22.4 Å². The highest BCUT2D eigenvalue weighted by Gasteiger charge is 2.19. The molecule has 0 bridgehead atoms. The molecule has 0 atom stereocenters. The van der Waals surface area contributed by atoms with Gasteiger partial charge in [0.15, 0.2) is 0 Å². The molecule has 1 aliphatic rings. The Morgan fingerprint density at radius 2 is 1.45 bits per heavy atom. The van der Waals surface area contributed by atoms with Gasteiger partial charge >= 0.3 is 0 Å². The van der Waals surface area contributed by atoms with Gasteiger partial charge in [0.2, 0.25) is 5.91 Å². The number of piperidine rings is 1. The molecule has 0 saturated carbocycles. The number of carbonyl (C=O) groups excluding carboxylic acids is 1. The highest BCUT2D eigenvalue weighted by molar-refractivity contribution is 9.11. The van der Waals surface area contributed by atoms with E-state index in [1.54, 1.807) is 29.7 Å². The van der Waals surface area contributed by atoms with Crippen LogP contribution < -0.4 is 4.90 Å². The Balaban J connectivity index is 0.000000188. The number of carbonyl (C=O) groups is 1. The van der Waals surface area contributed by atoms with Crippen molar-refractivity contribution in [2.45, 2.75) is 19.3 Å². The largest absolute Gasteiger partial charge is 0.311 e. The van der Waals surface area contributed by atoms with Gasteiger partial charge in [0.05, 0.1) is 11.9 Å². The van der Waals surface area contributed by atoms with Crippen LogP contribution in [0.5, 0.6) is 0 Å². The van der Waals surface area contributed by atoms with Crippen LogP contribution in [0.25, 0.3) is 0 Å². The second-order valence-corrected chi connectivity index (χ2v) is 7.43. The van der Waals surface area contributed by atoms with Crippen molar-refractivity contribution in [3.05, 3.63) is 50.3 Å². The molecule has 0 spiro atoms. The average Bonchev–Trinajstić information content (AvgIpc) is 2.48. The Morgan fingerprint density at radius 1 is 0.864 bits per heavy atom. The molecule has 1 fully saturated rings. The van der Waals surface area contributed by atoms with E-state index in [9.17, 15) is 4.79 Å². The normalized spacial score (nSPS) is 14.3. The van der Waals surface area contributed by atoms with Crippen molar-refractivity contribution in [1.29, 1.82) is 0 Å². The van der Waals surface area contributed by atoms with Crippen LogP contribution in [0.4, 0.5) is 5.69 Å². The van der Waals surface area contributed by atoms with E-state index in [1.807, 2.05) is 12.1 Å².